The summed E-state index contributed by atoms with van der Waals surface area (Å²) in [6, 6.07) is 8.20. The summed E-state index contributed by atoms with van der Waals surface area (Å²) < 4.78 is 41.8. The predicted molar refractivity (Wildman–Crippen MR) is 118 cm³/mol. The number of nitrogens with one attached hydrogen (secondary N) is 2. The monoisotopic (exact) mass is 444 g/mol. The van der Waals surface area contributed by atoms with Crippen LogP contribution < -0.4 is 16.4 Å². The average molecular weight is 444 g/mol. The van der Waals surface area contributed by atoms with Crippen molar-refractivity contribution in [3.63, 3.8) is 0 Å². The number of hydrogen-bond acceptors (Lipinski definition) is 3. The Morgan fingerprint density at radius 2 is 1.91 bits per heavy atom. The van der Waals surface area contributed by atoms with Gasteiger partial charge in [0.05, 0.1) is 17.6 Å². The zero-order valence-corrected chi connectivity index (χ0v) is 17.8. The molecule has 0 aliphatic carbocycles. The molecule has 3 rings (SSSR count). The smallest absolute Gasteiger partial charge is 0.370 e. The Balaban J connectivity index is 1.93. The van der Waals surface area contributed by atoms with Gasteiger partial charge in [-0.3, -0.25) is 9.79 Å². The van der Waals surface area contributed by atoms with Crippen LogP contribution in [0.2, 0.25) is 0 Å². The zero-order valence-electron chi connectivity index (χ0n) is 17.8. The minimum absolute atomic E-state index is 0.00771. The van der Waals surface area contributed by atoms with E-state index in [4.69, 9.17) is 5.73 Å². The lowest BCUT2D eigenvalue weighted by Crippen LogP contribution is -2.23. The number of halogens is 3. The van der Waals surface area contributed by atoms with Crippen molar-refractivity contribution in [3.8, 4) is 5.69 Å². The first kappa shape index (κ1) is 22.9. The molecule has 0 spiro atoms. The number of alkyl halides is 3. The zero-order chi connectivity index (χ0) is 23.5. The van der Waals surface area contributed by atoms with Crippen LogP contribution in [0, 0.1) is 13.8 Å². The van der Waals surface area contributed by atoms with Gasteiger partial charge in [-0.2, -0.15) is 13.2 Å². The topological polar surface area (TPSA) is 97.3 Å². The quantitative estimate of drug-likeness (QED) is 0.399. The lowest BCUT2D eigenvalue weighted by Gasteiger charge is -2.14. The highest BCUT2D eigenvalue weighted by Gasteiger charge is 2.31. The number of nitrogens with zero attached hydrogens (tertiary/aromatic N) is 3. The van der Waals surface area contributed by atoms with Crippen molar-refractivity contribution < 1.29 is 18.0 Å². The lowest BCUT2D eigenvalue weighted by molar-refractivity contribution is -0.137. The van der Waals surface area contributed by atoms with E-state index in [2.05, 4.69) is 20.6 Å². The molecule has 1 aromatic heterocycles. The molecule has 0 radical (unpaired) electrons. The van der Waals surface area contributed by atoms with Crippen molar-refractivity contribution in [1.82, 2.24) is 9.55 Å². The molecule has 0 saturated carbocycles. The number of aromatic nitrogens is 2. The Labute approximate surface area is 183 Å². The lowest BCUT2D eigenvalue weighted by atomic mass is 10.1. The molecule has 0 atom stereocenters. The Kier molecular flexibility index (Phi) is 6.52. The fourth-order valence-electron chi connectivity index (χ4n) is 3.01. The second kappa shape index (κ2) is 9.13. The van der Waals surface area contributed by atoms with E-state index in [1.807, 2.05) is 13.8 Å². The molecule has 0 bridgehead atoms. The molecule has 0 aliphatic rings. The van der Waals surface area contributed by atoms with E-state index in [9.17, 15) is 18.0 Å². The fraction of sp³-hybridized carbons (Fsp3) is 0.227. The molecule has 10 heteroatoms. The first-order valence-corrected chi connectivity index (χ1v) is 9.79. The highest BCUT2D eigenvalue weighted by Crippen LogP contribution is 2.33. The normalized spacial score (nSPS) is 12.0. The first-order valence-electron chi connectivity index (χ1n) is 9.79. The molecular weight excluding hydrogens is 421 g/mol. The van der Waals surface area contributed by atoms with Gasteiger partial charge in [0.25, 0.3) is 5.91 Å². The van der Waals surface area contributed by atoms with Crippen LogP contribution in [0.3, 0.4) is 0 Å². The van der Waals surface area contributed by atoms with E-state index in [0.717, 1.165) is 17.7 Å². The summed E-state index contributed by atoms with van der Waals surface area (Å²) in [5, 5.41) is 5.47. The van der Waals surface area contributed by atoms with Gasteiger partial charge in [-0.15, -0.1) is 0 Å². The highest BCUT2D eigenvalue weighted by atomic mass is 19.4. The standard InChI is InChI=1S/C22H23F3N6O/c1-4-27-21(26)30-19-7-15(6-5-13(19)2)20(32)29-17-8-16(22(23,24)25)9-18(10-17)31-11-14(3)28-12-31/h5-12H,4H2,1-3H3,(H,29,32)(H3,26,27,30). The van der Waals surface area contributed by atoms with Gasteiger partial charge in [-0.25, -0.2) is 4.98 Å². The number of benzene rings is 2. The van der Waals surface area contributed by atoms with Gasteiger partial charge in [0.1, 0.15) is 0 Å². The molecule has 32 heavy (non-hydrogen) atoms. The maximum absolute atomic E-state index is 13.4. The summed E-state index contributed by atoms with van der Waals surface area (Å²) >= 11 is 0. The van der Waals surface area contributed by atoms with Gasteiger partial charge >= 0.3 is 6.18 Å². The SMILES string of the molecule is CCN=C(N)Nc1cc(C(=O)Nc2cc(-n3cnc(C)c3)cc(C(F)(F)F)c2)ccc1C. The van der Waals surface area contributed by atoms with Gasteiger partial charge < -0.3 is 20.9 Å². The molecule has 3 aromatic rings. The predicted octanol–water partition coefficient (Wildman–Crippen LogP) is 4.51. The molecule has 2 aromatic carbocycles. The number of imidazole rings is 1. The summed E-state index contributed by atoms with van der Waals surface area (Å²) in [7, 11) is 0. The van der Waals surface area contributed by atoms with E-state index in [-0.39, 0.29) is 22.9 Å². The number of aryl methyl sites for hydroxylation is 2. The highest BCUT2D eigenvalue weighted by molar-refractivity contribution is 6.05. The third-order valence-corrected chi connectivity index (χ3v) is 4.60. The molecule has 1 heterocycles. The minimum atomic E-state index is -4.58. The molecule has 0 unspecified atom stereocenters. The van der Waals surface area contributed by atoms with Crippen molar-refractivity contribution in [2.75, 3.05) is 17.2 Å². The van der Waals surface area contributed by atoms with E-state index < -0.39 is 17.6 Å². The van der Waals surface area contributed by atoms with Crippen LogP contribution in [-0.4, -0.2) is 28.0 Å². The molecule has 0 aliphatic heterocycles. The summed E-state index contributed by atoms with van der Waals surface area (Å²) in [6.45, 7) is 5.88. The Hall–Kier alpha value is -3.82. The summed E-state index contributed by atoms with van der Waals surface area (Å²) in [5.41, 5.74) is 7.45. The molecule has 7 nitrogen and oxygen atoms in total. The molecule has 168 valence electrons. The Morgan fingerprint density at radius 1 is 1.16 bits per heavy atom. The van der Waals surface area contributed by atoms with Crippen molar-refractivity contribution in [2.24, 2.45) is 10.7 Å². The number of aliphatic imine (C=N–C) groups is 1. The van der Waals surface area contributed by atoms with Gasteiger partial charge in [-0.05, 0) is 56.7 Å². The van der Waals surface area contributed by atoms with Gasteiger partial charge in [0, 0.05) is 35.4 Å². The van der Waals surface area contributed by atoms with Crippen molar-refractivity contribution in [2.45, 2.75) is 26.9 Å². The second-order valence-corrected chi connectivity index (χ2v) is 7.16. The maximum atomic E-state index is 13.4. The second-order valence-electron chi connectivity index (χ2n) is 7.16. The third kappa shape index (κ3) is 5.45. The van der Waals surface area contributed by atoms with Crippen molar-refractivity contribution in [1.29, 1.82) is 0 Å². The Bertz CT molecular complexity index is 1170. The van der Waals surface area contributed by atoms with E-state index in [1.165, 1.54) is 17.0 Å². The largest absolute Gasteiger partial charge is 0.416 e. The van der Waals surface area contributed by atoms with E-state index in [1.54, 1.807) is 31.3 Å². The van der Waals surface area contributed by atoms with Crippen molar-refractivity contribution >= 4 is 23.2 Å². The number of amides is 1. The number of rotatable bonds is 5. The number of nitrogens with two attached hydrogens (primary N) is 1. The fourth-order valence-corrected chi connectivity index (χ4v) is 3.01. The molecule has 0 saturated heterocycles. The van der Waals surface area contributed by atoms with Gasteiger partial charge in [-0.1, -0.05) is 6.07 Å². The van der Waals surface area contributed by atoms with Crippen LogP contribution in [0.15, 0.2) is 53.9 Å². The number of carbonyl (C=O) groups excluding carboxylic acids is 1. The van der Waals surface area contributed by atoms with Crippen molar-refractivity contribution in [3.05, 3.63) is 71.3 Å². The van der Waals surface area contributed by atoms with Gasteiger partial charge in [0.15, 0.2) is 5.96 Å². The molecular formula is C22H23F3N6O. The van der Waals surface area contributed by atoms with Crippen LogP contribution >= 0.6 is 0 Å². The van der Waals surface area contributed by atoms with Crippen LogP contribution in [0.5, 0.6) is 0 Å². The summed E-state index contributed by atoms with van der Waals surface area (Å²) in [5.74, 6) is -0.363. The van der Waals surface area contributed by atoms with Crippen LogP contribution in [0.1, 0.15) is 34.1 Å². The molecule has 4 N–H and O–H groups in total. The minimum Gasteiger partial charge on any atom is -0.370 e. The molecule has 1 amide bonds. The number of hydrogen-bond donors (Lipinski definition) is 3. The Morgan fingerprint density at radius 3 is 2.53 bits per heavy atom. The average Bonchev–Trinajstić information content (AvgIpc) is 3.15. The van der Waals surface area contributed by atoms with Crippen LogP contribution in [0.4, 0.5) is 24.5 Å². The summed E-state index contributed by atoms with van der Waals surface area (Å²) in [4.78, 5) is 20.9. The number of carbonyl (C=O) groups is 1. The maximum Gasteiger partial charge on any atom is 0.416 e. The summed E-state index contributed by atoms with van der Waals surface area (Å²) in [6.07, 6.45) is -1.57. The first-order chi connectivity index (χ1) is 15.1. The van der Waals surface area contributed by atoms with Crippen LogP contribution in [-0.2, 0) is 6.18 Å². The van der Waals surface area contributed by atoms with E-state index in [0.29, 0.717) is 17.9 Å². The van der Waals surface area contributed by atoms with Gasteiger partial charge in [0.2, 0.25) is 0 Å². The van der Waals surface area contributed by atoms with E-state index >= 15 is 0 Å². The van der Waals surface area contributed by atoms with Crippen LogP contribution in [0.25, 0.3) is 5.69 Å². The molecule has 0 fully saturated rings. The third-order valence-electron chi connectivity index (χ3n) is 4.60. The number of anilines is 2. The number of guanidine groups is 1.